The summed E-state index contributed by atoms with van der Waals surface area (Å²) in [7, 11) is 4.84. The Labute approximate surface area is 250 Å². The monoisotopic (exact) mass is 596 g/mol. The van der Waals surface area contributed by atoms with Gasteiger partial charge in [-0.15, -0.1) is 11.3 Å². The van der Waals surface area contributed by atoms with Crippen molar-refractivity contribution in [1.29, 1.82) is 0 Å². The number of amides is 2. The number of thiazole rings is 1. The maximum Gasteiger partial charge on any atom is 0.273 e. The maximum atomic E-state index is 13.3. The van der Waals surface area contributed by atoms with E-state index in [9.17, 15) is 9.59 Å². The van der Waals surface area contributed by atoms with Crippen molar-refractivity contribution in [2.24, 2.45) is 5.92 Å². The average Bonchev–Trinajstić information content (AvgIpc) is 3.56. The second kappa shape index (κ2) is 13.6. The number of hydrogen-bond acceptors (Lipinski definition) is 10. The van der Waals surface area contributed by atoms with E-state index in [1.807, 2.05) is 6.07 Å². The van der Waals surface area contributed by atoms with Crippen LogP contribution in [-0.4, -0.2) is 98.7 Å². The number of likely N-dealkylation sites (N-methyl/N-ethyl adjacent to an activating group) is 1. The molecular weight excluding hydrogens is 556 g/mol. The van der Waals surface area contributed by atoms with Gasteiger partial charge in [-0.3, -0.25) is 14.5 Å². The number of anilines is 1. The van der Waals surface area contributed by atoms with Crippen LogP contribution in [0.25, 0.3) is 10.9 Å². The largest absolute Gasteiger partial charge is 0.493 e. The van der Waals surface area contributed by atoms with E-state index in [4.69, 9.17) is 19.2 Å². The molecule has 11 nitrogen and oxygen atoms in total. The molecule has 0 spiro atoms. The topological polar surface area (TPSA) is 109 Å². The number of benzene rings is 1. The lowest BCUT2D eigenvalue weighted by Crippen LogP contribution is -2.42. The minimum absolute atomic E-state index is 0.0388. The standard InChI is InChI=1S/C30H40N6O5S/c1-5-34-11-12-35(30(38)24-18-42-19-32-24)10-8-26(37)31-15-20-7-6-9-36(16-20)29-21(17-34)13-22-23(33-29)14-25(39-2)28(41-4)27(22)40-3/h13-14,18-20H,5-12,15-17H2,1-4H3,(H,31,37). The summed E-state index contributed by atoms with van der Waals surface area (Å²) in [6.45, 7) is 7.29. The number of carbonyl (C=O) groups excluding carboxylic acids is 2. The molecule has 2 aromatic heterocycles. The van der Waals surface area contributed by atoms with Gasteiger partial charge in [0.2, 0.25) is 11.7 Å². The molecule has 2 amide bonds. The van der Waals surface area contributed by atoms with Crippen LogP contribution in [-0.2, 0) is 11.3 Å². The molecule has 2 aliphatic rings. The third-order valence-corrected chi connectivity index (χ3v) is 8.75. The number of methoxy groups -OCH3 is 3. The van der Waals surface area contributed by atoms with Crippen molar-refractivity contribution >= 4 is 39.9 Å². The highest BCUT2D eigenvalue weighted by Gasteiger charge is 2.27. The summed E-state index contributed by atoms with van der Waals surface area (Å²) in [5.41, 5.74) is 3.92. The Morgan fingerprint density at radius 2 is 1.93 bits per heavy atom. The summed E-state index contributed by atoms with van der Waals surface area (Å²) in [4.78, 5) is 42.0. The van der Waals surface area contributed by atoms with E-state index in [-0.39, 0.29) is 18.2 Å². The van der Waals surface area contributed by atoms with Crippen molar-refractivity contribution in [3.05, 3.63) is 34.3 Å². The van der Waals surface area contributed by atoms with Gasteiger partial charge in [-0.1, -0.05) is 6.92 Å². The second-order valence-corrected chi connectivity index (χ2v) is 11.4. The predicted molar refractivity (Wildman–Crippen MR) is 163 cm³/mol. The molecule has 1 aromatic carbocycles. The number of nitrogens with zero attached hydrogens (tertiary/aromatic N) is 5. The summed E-state index contributed by atoms with van der Waals surface area (Å²) in [6.07, 6.45) is 2.31. The van der Waals surface area contributed by atoms with Gasteiger partial charge in [0.15, 0.2) is 11.5 Å². The number of piperidine rings is 1. The van der Waals surface area contributed by atoms with Gasteiger partial charge in [0, 0.05) is 74.6 Å². The normalized spacial score (nSPS) is 19.0. The average molecular weight is 597 g/mol. The second-order valence-electron chi connectivity index (χ2n) is 10.7. The molecule has 3 aromatic rings. The zero-order valence-electron chi connectivity index (χ0n) is 24.9. The molecule has 0 aliphatic carbocycles. The number of carbonyl (C=O) groups is 2. The Morgan fingerprint density at radius 3 is 2.64 bits per heavy atom. The van der Waals surface area contributed by atoms with Crippen molar-refractivity contribution in [1.82, 2.24) is 25.1 Å². The smallest absolute Gasteiger partial charge is 0.273 e. The molecule has 226 valence electrons. The Hall–Kier alpha value is -3.64. The van der Waals surface area contributed by atoms with Crippen LogP contribution < -0.4 is 24.4 Å². The minimum atomic E-state index is -0.148. The highest BCUT2D eigenvalue weighted by atomic mass is 32.1. The van der Waals surface area contributed by atoms with Gasteiger partial charge in [-0.05, 0) is 31.4 Å². The van der Waals surface area contributed by atoms with E-state index >= 15 is 0 Å². The van der Waals surface area contributed by atoms with E-state index in [0.29, 0.717) is 61.6 Å². The predicted octanol–water partition coefficient (Wildman–Crippen LogP) is 3.42. The molecule has 2 bridgehead atoms. The lowest BCUT2D eigenvalue weighted by atomic mass is 9.97. The third kappa shape index (κ3) is 6.39. The van der Waals surface area contributed by atoms with E-state index in [2.05, 4.69) is 33.1 Å². The number of aromatic nitrogens is 2. The van der Waals surface area contributed by atoms with Crippen molar-refractivity contribution in [2.45, 2.75) is 32.7 Å². The molecule has 0 radical (unpaired) electrons. The van der Waals surface area contributed by atoms with Crippen LogP contribution >= 0.6 is 11.3 Å². The van der Waals surface area contributed by atoms with Gasteiger partial charge in [0.25, 0.3) is 5.91 Å². The highest BCUT2D eigenvalue weighted by molar-refractivity contribution is 7.07. The van der Waals surface area contributed by atoms with Gasteiger partial charge < -0.3 is 29.3 Å². The molecule has 1 N–H and O–H groups in total. The Balaban J connectivity index is 1.56. The van der Waals surface area contributed by atoms with Crippen molar-refractivity contribution in [3.8, 4) is 17.2 Å². The van der Waals surface area contributed by atoms with Crippen LogP contribution in [0.1, 0.15) is 42.2 Å². The number of ether oxygens (including phenoxy) is 3. The van der Waals surface area contributed by atoms with Crippen molar-refractivity contribution in [3.63, 3.8) is 0 Å². The zero-order valence-corrected chi connectivity index (χ0v) is 25.7. The number of fused-ring (bicyclic) bond motifs is 5. The minimum Gasteiger partial charge on any atom is -0.493 e. The van der Waals surface area contributed by atoms with E-state index < -0.39 is 0 Å². The molecule has 2 aliphatic heterocycles. The first-order valence-corrected chi connectivity index (χ1v) is 15.4. The van der Waals surface area contributed by atoms with E-state index in [0.717, 1.165) is 54.8 Å². The number of pyridine rings is 1. The summed E-state index contributed by atoms with van der Waals surface area (Å²) >= 11 is 1.39. The summed E-state index contributed by atoms with van der Waals surface area (Å²) < 4.78 is 17.1. The van der Waals surface area contributed by atoms with Crippen LogP contribution in [0, 0.1) is 5.92 Å². The lowest BCUT2D eigenvalue weighted by Gasteiger charge is -2.35. The number of rotatable bonds is 5. The molecule has 1 fully saturated rings. The molecule has 1 unspecified atom stereocenters. The first kappa shape index (κ1) is 29.8. The SMILES string of the molecule is CCN1CCN(C(=O)c2cscn2)CCC(=O)NCC2CCCN(C2)c2nc3cc(OC)c(OC)c(OC)c3cc2C1. The van der Waals surface area contributed by atoms with Gasteiger partial charge >= 0.3 is 0 Å². The Bertz CT molecular complexity index is 1400. The molecule has 1 saturated heterocycles. The summed E-state index contributed by atoms with van der Waals surface area (Å²) in [5.74, 6) is 2.72. The maximum absolute atomic E-state index is 13.3. The first-order valence-electron chi connectivity index (χ1n) is 14.5. The van der Waals surface area contributed by atoms with E-state index in [1.54, 1.807) is 37.1 Å². The van der Waals surface area contributed by atoms with Gasteiger partial charge in [-0.25, -0.2) is 9.97 Å². The summed E-state index contributed by atoms with van der Waals surface area (Å²) in [5, 5.41) is 5.73. The quantitative estimate of drug-likeness (QED) is 0.474. The molecule has 5 rings (SSSR count). The molecule has 42 heavy (non-hydrogen) atoms. The Morgan fingerprint density at radius 1 is 1.10 bits per heavy atom. The number of nitrogens with one attached hydrogen (secondary N) is 1. The molecule has 4 heterocycles. The van der Waals surface area contributed by atoms with Crippen LogP contribution in [0.15, 0.2) is 23.0 Å². The van der Waals surface area contributed by atoms with Crippen LogP contribution in [0.4, 0.5) is 5.82 Å². The van der Waals surface area contributed by atoms with Crippen molar-refractivity contribution in [2.75, 3.05) is 72.0 Å². The lowest BCUT2D eigenvalue weighted by molar-refractivity contribution is -0.121. The zero-order chi connectivity index (χ0) is 29.6. The third-order valence-electron chi connectivity index (χ3n) is 8.16. The first-order chi connectivity index (χ1) is 20.4. The van der Waals surface area contributed by atoms with Gasteiger partial charge in [0.05, 0.1) is 32.4 Å². The fourth-order valence-corrected chi connectivity index (χ4v) is 6.39. The fraction of sp³-hybridized carbons (Fsp3) is 0.533. The highest BCUT2D eigenvalue weighted by Crippen LogP contribution is 2.44. The van der Waals surface area contributed by atoms with Gasteiger partial charge in [-0.2, -0.15) is 0 Å². The summed E-state index contributed by atoms with van der Waals surface area (Å²) in [6, 6.07) is 4.05. The van der Waals surface area contributed by atoms with Crippen LogP contribution in [0.5, 0.6) is 17.2 Å². The van der Waals surface area contributed by atoms with E-state index in [1.165, 1.54) is 11.3 Å². The Kier molecular flexibility index (Phi) is 9.63. The fourth-order valence-electron chi connectivity index (χ4n) is 5.87. The number of hydrogen-bond donors (Lipinski definition) is 1. The molecule has 12 heteroatoms. The van der Waals surface area contributed by atoms with Crippen LogP contribution in [0.2, 0.25) is 0 Å². The van der Waals surface area contributed by atoms with Crippen LogP contribution in [0.3, 0.4) is 0 Å². The van der Waals surface area contributed by atoms with Gasteiger partial charge in [0.1, 0.15) is 11.5 Å². The molecular formula is C30H40N6O5S. The van der Waals surface area contributed by atoms with Crippen molar-refractivity contribution < 1.29 is 23.8 Å². The molecule has 0 saturated carbocycles. The molecule has 1 atom stereocenters.